The van der Waals surface area contributed by atoms with Gasteiger partial charge in [0, 0.05) is 4.88 Å². The van der Waals surface area contributed by atoms with Gasteiger partial charge in [-0.2, -0.15) is 0 Å². The summed E-state index contributed by atoms with van der Waals surface area (Å²) in [5, 5.41) is 8.92. The van der Waals surface area contributed by atoms with Crippen LogP contribution in [0.4, 0.5) is 5.69 Å². The van der Waals surface area contributed by atoms with Crippen molar-refractivity contribution < 1.29 is 19.4 Å². The fourth-order valence-electron chi connectivity index (χ4n) is 1.22. The predicted molar refractivity (Wildman–Crippen MR) is 56.4 cm³/mol. The highest BCUT2D eigenvalue weighted by molar-refractivity contribution is 7.15. The zero-order valence-electron chi connectivity index (χ0n) is 8.36. The number of ether oxygens (including phenoxy) is 1. The van der Waals surface area contributed by atoms with Gasteiger partial charge in [-0.3, -0.25) is 0 Å². The van der Waals surface area contributed by atoms with Crippen LogP contribution in [0.1, 0.15) is 31.8 Å². The first-order valence-electron chi connectivity index (χ1n) is 4.25. The summed E-state index contributed by atoms with van der Waals surface area (Å²) in [6.07, 6.45) is 0.521. The van der Waals surface area contributed by atoms with E-state index < -0.39 is 11.9 Å². The summed E-state index contributed by atoms with van der Waals surface area (Å²) >= 11 is 1.07. The molecular formula is C9H11NO4S. The van der Waals surface area contributed by atoms with E-state index in [1.807, 2.05) is 0 Å². The summed E-state index contributed by atoms with van der Waals surface area (Å²) in [7, 11) is 1.23. The maximum Gasteiger partial charge on any atom is 0.350 e. The van der Waals surface area contributed by atoms with Crippen LogP contribution in [-0.4, -0.2) is 24.2 Å². The lowest BCUT2D eigenvalue weighted by molar-refractivity contribution is 0.0607. The monoisotopic (exact) mass is 229 g/mol. The van der Waals surface area contributed by atoms with Gasteiger partial charge in [0.15, 0.2) is 0 Å². The number of aryl methyl sites for hydroxylation is 1. The molecule has 0 saturated carbocycles. The van der Waals surface area contributed by atoms with E-state index in [0.29, 0.717) is 11.3 Å². The number of carbonyl (C=O) groups is 2. The molecule has 15 heavy (non-hydrogen) atoms. The second-order valence-corrected chi connectivity index (χ2v) is 3.90. The van der Waals surface area contributed by atoms with Crippen molar-refractivity contribution >= 4 is 29.0 Å². The third-order valence-corrected chi connectivity index (χ3v) is 3.25. The number of nitrogens with two attached hydrogens (primary N) is 1. The smallest absolute Gasteiger partial charge is 0.350 e. The van der Waals surface area contributed by atoms with Crippen molar-refractivity contribution in [2.45, 2.75) is 13.3 Å². The largest absolute Gasteiger partial charge is 0.478 e. The van der Waals surface area contributed by atoms with Crippen LogP contribution in [0.2, 0.25) is 0 Å². The molecule has 1 rings (SSSR count). The number of carbonyl (C=O) groups excluding carboxylic acids is 1. The number of rotatable bonds is 3. The molecule has 5 nitrogen and oxygen atoms in total. The van der Waals surface area contributed by atoms with E-state index in [9.17, 15) is 9.59 Å². The minimum atomic E-state index is -1.12. The first-order chi connectivity index (χ1) is 7.02. The number of carboxylic acids is 1. The number of anilines is 1. The highest BCUT2D eigenvalue weighted by Crippen LogP contribution is 2.32. The van der Waals surface area contributed by atoms with E-state index in [-0.39, 0.29) is 16.1 Å². The minimum Gasteiger partial charge on any atom is -0.478 e. The molecule has 0 amide bonds. The zero-order valence-corrected chi connectivity index (χ0v) is 9.18. The zero-order chi connectivity index (χ0) is 11.6. The van der Waals surface area contributed by atoms with Crippen LogP contribution in [0.25, 0.3) is 0 Å². The van der Waals surface area contributed by atoms with Gasteiger partial charge in [0.1, 0.15) is 4.88 Å². The van der Waals surface area contributed by atoms with Crippen LogP contribution >= 0.6 is 11.3 Å². The molecule has 0 aliphatic heterocycles. The Morgan fingerprint density at radius 2 is 2.13 bits per heavy atom. The molecule has 0 spiro atoms. The predicted octanol–water partition coefficient (Wildman–Crippen LogP) is 1.38. The average Bonchev–Trinajstić information content (AvgIpc) is 2.54. The molecule has 82 valence electrons. The average molecular weight is 229 g/mol. The summed E-state index contributed by atoms with van der Waals surface area (Å²) in [5.74, 6) is -1.71. The fourth-order valence-corrected chi connectivity index (χ4v) is 2.29. The van der Waals surface area contributed by atoms with Crippen LogP contribution in [0.5, 0.6) is 0 Å². The van der Waals surface area contributed by atoms with Gasteiger partial charge in [-0.15, -0.1) is 11.3 Å². The lowest BCUT2D eigenvalue weighted by Gasteiger charge is -1.97. The maximum atomic E-state index is 11.3. The van der Waals surface area contributed by atoms with E-state index in [2.05, 4.69) is 4.74 Å². The molecule has 0 atom stereocenters. The summed E-state index contributed by atoms with van der Waals surface area (Å²) in [6.45, 7) is 1.80. The molecule has 0 saturated heterocycles. The SMILES string of the molecule is CCc1sc(C(=O)OC)c(N)c1C(=O)O. The number of esters is 1. The Hall–Kier alpha value is -1.56. The van der Waals surface area contributed by atoms with Gasteiger partial charge in [0.05, 0.1) is 18.4 Å². The Labute approximate surface area is 90.5 Å². The molecule has 0 radical (unpaired) electrons. The highest BCUT2D eigenvalue weighted by atomic mass is 32.1. The Bertz CT molecular complexity index is 410. The third kappa shape index (κ3) is 1.94. The molecule has 1 aromatic heterocycles. The van der Waals surface area contributed by atoms with E-state index in [4.69, 9.17) is 10.8 Å². The number of hydrogen-bond acceptors (Lipinski definition) is 5. The number of hydrogen-bond donors (Lipinski definition) is 2. The van der Waals surface area contributed by atoms with Crippen molar-refractivity contribution in [1.82, 2.24) is 0 Å². The highest BCUT2D eigenvalue weighted by Gasteiger charge is 2.24. The van der Waals surface area contributed by atoms with E-state index in [1.165, 1.54) is 7.11 Å². The summed E-state index contributed by atoms with van der Waals surface area (Å²) < 4.78 is 4.51. The number of nitrogen functional groups attached to an aromatic ring is 1. The van der Waals surface area contributed by atoms with E-state index in [0.717, 1.165) is 11.3 Å². The van der Waals surface area contributed by atoms with Gasteiger partial charge in [-0.1, -0.05) is 6.92 Å². The standard InChI is InChI=1S/C9H11NO4S/c1-3-4-5(8(11)12)6(10)7(15-4)9(13)14-2/h3,10H2,1-2H3,(H,11,12). The summed E-state index contributed by atoms with van der Waals surface area (Å²) in [4.78, 5) is 22.9. The third-order valence-electron chi connectivity index (χ3n) is 1.92. The molecule has 1 heterocycles. The van der Waals surface area contributed by atoms with Gasteiger partial charge in [-0.05, 0) is 6.42 Å². The summed E-state index contributed by atoms with van der Waals surface area (Å²) in [6, 6.07) is 0. The summed E-state index contributed by atoms with van der Waals surface area (Å²) in [5.41, 5.74) is 5.60. The topological polar surface area (TPSA) is 89.6 Å². The Balaban J connectivity index is 3.34. The van der Waals surface area contributed by atoms with Crippen molar-refractivity contribution in [1.29, 1.82) is 0 Å². The molecule has 0 bridgehead atoms. The van der Waals surface area contributed by atoms with E-state index >= 15 is 0 Å². The first kappa shape index (κ1) is 11.5. The van der Waals surface area contributed by atoms with Crippen LogP contribution < -0.4 is 5.73 Å². The first-order valence-corrected chi connectivity index (χ1v) is 5.07. The van der Waals surface area contributed by atoms with Crippen LogP contribution in [0.3, 0.4) is 0 Å². The van der Waals surface area contributed by atoms with E-state index in [1.54, 1.807) is 6.92 Å². The molecule has 0 fully saturated rings. The fraction of sp³-hybridized carbons (Fsp3) is 0.333. The number of methoxy groups -OCH3 is 1. The van der Waals surface area contributed by atoms with Gasteiger partial charge in [0.2, 0.25) is 0 Å². The van der Waals surface area contributed by atoms with Crippen molar-refractivity contribution in [3.8, 4) is 0 Å². The molecule has 0 aliphatic rings. The Kier molecular flexibility index (Phi) is 3.31. The molecule has 0 aromatic carbocycles. The Morgan fingerprint density at radius 3 is 2.47 bits per heavy atom. The molecular weight excluding hydrogens is 218 g/mol. The van der Waals surface area contributed by atoms with Gasteiger partial charge in [0.25, 0.3) is 0 Å². The van der Waals surface area contributed by atoms with Crippen LogP contribution in [0.15, 0.2) is 0 Å². The number of carboxylic acid groups (broad SMARTS) is 1. The molecule has 3 N–H and O–H groups in total. The van der Waals surface area contributed by atoms with Crippen molar-refractivity contribution in [3.63, 3.8) is 0 Å². The van der Waals surface area contributed by atoms with Gasteiger partial charge < -0.3 is 15.6 Å². The van der Waals surface area contributed by atoms with Crippen molar-refractivity contribution in [2.75, 3.05) is 12.8 Å². The van der Waals surface area contributed by atoms with Gasteiger partial charge >= 0.3 is 11.9 Å². The molecule has 6 heteroatoms. The second-order valence-electron chi connectivity index (χ2n) is 2.79. The van der Waals surface area contributed by atoms with Crippen LogP contribution in [-0.2, 0) is 11.2 Å². The number of aromatic carboxylic acids is 1. The minimum absolute atomic E-state index is 0.00352. The molecule has 0 unspecified atom stereocenters. The quantitative estimate of drug-likeness (QED) is 0.764. The lowest BCUT2D eigenvalue weighted by atomic mass is 10.2. The maximum absolute atomic E-state index is 11.3. The van der Waals surface area contributed by atoms with Crippen molar-refractivity contribution in [3.05, 3.63) is 15.3 Å². The normalized spacial score (nSPS) is 10.0. The van der Waals surface area contributed by atoms with Crippen molar-refractivity contribution in [2.24, 2.45) is 0 Å². The Morgan fingerprint density at radius 1 is 1.53 bits per heavy atom. The lowest BCUT2D eigenvalue weighted by Crippen LogP contribution is -2.06. The molecule has 1 aromatic rings. The van der Waals surface area contributed by atoms with Crippen LogP contribution in [0, 0.1) is 0 Å². The van der Waals surface area contributed by atoms with Gasteiger partial charge in [-0.25, -0.2) is 9.59 Å². The second kappa shape index (κ2) is 4.31. The molecule has 0 aliphatic carbocycles. The number of thiophene rings is 1.